The third kappa shape index (κ3) is 4.83. The third-order valence-corrected chi connectivity index (χ3v) is 3.85. The highest BCUT2D eigenvalue weighted by Crippen LogP contribution is 2.18. The first-order chi connectivity index (χ1) is 9.89. The normalized spacial score (nSPS) is 29.9. The van der Waals surface area contributed by atoms with Gasteiger partial charge in [0.2, 0.25) is 0 Å². The maximum absolute atomic E-state index is 12.1. The average Bonchev–Trinajstić information content (AvgIpc) is 3.03. The van der Waals surface area contributed by atoms with Crippen molar-refractivity contribution in [1.82, 2.24) is 10.2 Å². The average molecular weight is 300 g/mol. The lowest BCUT2D eigenvalue weighted by molar-refractivity contribution is 0.0252. The molecule has 0 bridgehead atoms. The van der Waals surface area contributed by atoms with Crippen LogP contribution in [0.3, 0.4) is 0 Å². The maximum Gasteiger partial charge on any atom is 0.410 e. The first-order valence-electron chi connectivity index (χ1n) is 7.75. The highest BCUT2D eigenvalue weighted by molar-refractivity contribution is 5.68. The van der Waals surface area contributed by atoms with E-state index in [9.17, 15) is 4.79 Å². The predicted octanol–water partition coefficient (Wildman–Crippen LogP) is 1.39. The second-order valence-electron chi connectivity index (χ2n) is 6.81. The maximum atomic E-state index is 12.1. The molecule has 3 atom stereocenters. The Morgan fingerprint density at radius 1 is 1.38 bits per heavy atom. The number of hydrogen-bond acceptors (Lipinski definition) is 5. The number of carbonyl (C=O) groups is 1. The molecule has 0 aliphatic carbocycles. The van der Waals surface area contributed by atoms with Gasteiger partial charge in [0.25, 0.3) is 0 Å². The van der Waals surface area contributed by atoms with Crippen LogP contribution in [0.1, 0.15) is 33.6 Å². The van der Waals surface area contributed by atoms with Crippen molar-refractivity contribution in [1.29, 1.82) is 0 Å². The minimum Gasteiger partial charge on any atom is -0.444 e. The summed E-state index contributed by atoms with van der Waals surface area (Å²) in [5.41, 5.74) is -0.469. The second-order valence-corrected chi connectivity index (χ2v) is 6.81. The molecule has 6 nitrogen and oxygen atoms in total. The summed E-state index contributed by atoms with van der Waals surface area (Å²) in [7, 11) is 1.68. The molecule has 2 saturated heterocycles. The van der Waals surface area contributed by atoms with Crippen molar-refractivity contribution in [2.24, 2.45) is 0 Å². The summed E-state index contributed by atoms with van der Waals surface area (Å²) in [6.45, 7) is 8.47. The minimum atomic E-state index is -0.469. The second kappa shape index (κ2) is 6.94. The van der Waals surface area contributed by atoms with Gasteiger partial charge in [-0.3, -0.25) is 0 Å². The number of ether oxygens (including phenoxy) is 3. The van der Waals surface area contributed by atoms with Gasteiger partial charge in [-0.2, -0.15) is 0 Å². The number of methoxy groups -OCH3 is 1. The molecule has 2 aliphatic heterocycles. The summed E-state index contributed by atoms with van der Waals surface area (Å²) >= 11 is 0. The molecule has 2 fully saturated rings. The molecule has 0 aromatic rings. The zero-order valence-corrected chi connectivity index (χ0v) is 13.6. The fourth-order valence-corrected chi connectivity index (χ4v) is 2.77. The summed E-state index contributed by atoms with van der Waals surface area (Å²) in [5, 5.41) is 3.47. The Labute approximate surface area is 127 Å². The first-order valence-corrected chi connectivity index (χ1v) is 7.75. The highest BCUT2D eigenvalue weighted by Gasteiger charge is 2.37. The minimum absolute atomic E-state index is 0.000999. The van der Waals surface area contributed by atoms with Gasteiger partial charge in [-0.05, 0) is 33.6 Å². The van der Waals surface area contributed by atoms with E-state index in [0.717, 1.165) is 26.0 Å². The molecule has 0 radical (unpaired) electrons. The SMILES string of the molecule is CO[C@H]1CN(C(=O)OC(C)(C)C)CC1NCC1CCCO1. The number of likely N-dealkylation sites (tertiary alicyclic amines) is 1. The van der Waals surface area contributed by atoms with Crippen LogP contribution in [0, 0.1) is 0 Å². The monoisotopic (exact) mass is 300 g/mol. The first kappa shape index (κ1) is 16.5. The molecule has 0 saturated carbocycles. The Bertz CT molecular complexity index is 350. The lowest BCUT2D eigenvalue weighted by Gasteiger charge is -2.24. The van der Waals surface area contributed by atoms with Gasteiger partial charge in [0.15, 0.2) is 0 Å². The molecule has 2 unspecified atom stereocenters. The van der Waals surface area contributed by atoms with Gasteiger partial charge in [0, 0.05) is 26.8 Å². The summed E-state index contributed by atoms with van der Waals surface area (Å²) in [4.78, 5) is 13.8. The molecule has 0 aromatic heterocycles. The zero-order valence-electron chi connectivity index (χ0n) is 13.6. The van der Waals surface area contributed by atoms with E-state index in [-0.39, 0.29) is 24.3 Å². The lowest BCUT2D eigenvalue weighted by Crippen LogP contribution is -2.43. The van der Waals surface area contributed by atoms with E-state index in [1.165, 1.54) is 0 Å². The van der Waals surface area contributed by atoms with E-state index in [1.54, 1.807) is 12.0 Å². The molecular weight excluding hydrogens is 272 g/mol. The van der Waals surface area contributed by atoms with Crippen molar-refractivity contribution in [2.45, 2.75) is 57.5 Å². The molecule has 0 aromatic carbocycles. The van der Waals surface area contributed by atoms with Gasteiger partial charge < -0.3 is 24.4 Å². The van der Waals surface area contributed by atoms with E-state index in [1.807, 2.05) is 20.8 Å². The Kier molecular flexibility index (Phi) is 5.46. The van der Waals surface area contributed by atoms with Gasteiger partial charge in [-0.25, -0.2) is 4.79 Å². The van der Waals surface area contributed by atoms with Crippen molar-refractivity contribution >= 4 is 6.09 Å². The van der Waals surface area contributed by atoms with Crippen LogP contribution in [-0.2, 0) is 14.2 Å². The van der Waals surface area contributed by atoms with Crippen LogP contribution in [0.4, 0.5) is 4.79 Å². The smallest absolute Gasteiger partial charge is 0.410 e. The van der Waals surface area contributed by atoms with Crippen molar-refractivity contribution in [3.63, 3.8) is 0 Å². The van der Waals surface area contributed by atoms with Gasteiger partial charge in [-0.1, -0.05) is 0 Å². The molecule has 6 heteroatoms. The number of carbonyl (C=O) groups excluding carboxylic acids is 1. The summed E-state index contributed by atoms with van der Waals surface area (Å²) in [5.74, 6) is 0. The van der Waals surface area contributed by atoms with Crippen molar-refractivity contribution < 1.29 is 19.0 Å². The third-order valence-electron chi connectivity index (χ3n) is 3.85. The van der Waals surface area contributed by atoms with Crippen LogP contribution < -0.4 is 5.32 Å². The van der Waals surface area contributed by atoms with E-state index in [2.05, 4.69) is 5.32 Å². The lowest BCUT2D eigenvalue weighted by atomic mass is 10.2. The fourth-order valence-electron chi connectivity index (χ4n) is 2.77. The molecule has 0 spiro atoms. The van der Waals surface area contributed by atoms with Crippen molar-refractivity contribution in [3.05, 3.63) is 0 Å². The van der Waals surface area contributed by atoms with Gasteiger partial charge >= 0.3 is 6.09 Å². The summed E-state index contributed by atoms with van der Waals surface area (Å²) in [6, 6.07) is 0.131. The van der Waals surface area contributed by atoms with Crippen molar-refractivity contribution in [3.8, 4) is 0 Å². The topological polar surface area (TPSA) is 60.0 Å². The van der Waals surface area contributed by atoms with Gasteiger partial charge in [0.1, 0.15) is 5.60 Å². The number of rotatable bonds is 4. The quantitative estimate of drug-likeness (QED) is 0.850. The molecule has 1 N–H and O–H groups in total. The van der Waals surface area contributed by atoms with Crippen LogP contribution in [0.25, 0.3) is 0 Å². The number of nitrogens with one attached hydrogen (secondary N) is 1. The fraction of sp³-hybridized carbons (Fsp3) is 0.933. The molecule has 2 heterocycles. The van der Waals surface area contributed by atoms with Crippen molar-refractivity contribution in [2.75, 3.05) is 33.4 Å². The van der Waals surface area contributed by atoms with Gasteiger partial charge in [0.05, 0.1) is 24.8 Å². The van der Waals surface area contributed by atoms with Crippen LogP contribution in [0.15, 0.2) is 0 Å². The summed E-state index contributed by atoms with van der Waals surface area (Å²) in [6.07, 6.45) is 2.25. The Morgan fingerprint density at radius 3 is 2.71 bits per heavy atom. The Balaban J connectivity index is 1.83. The number of hydrogen-bond donors (Lipinski definition) is 1. The largest absolute Gasteiger partial charge is 0.444 e. The Hall–Kier alpha value is -0.850. The molecule has 21 heavy (non-hydrogen) atoms. The van der Waals surface area contributed by atoms with Crippen LogP contribution in [0.5, 0.6) is 0 Å². The van der Waals surface area contributed by atoms with E-state index >= 15 is 0 Å². The number of nitrogens with zero attached hydrogens (tertiary/aromatic N) is 1. The summed E-state index contributed by atoms with van der Waals surface area (Å²) < 4.78 is 16.5. The van der Waals surface area contributed by atoms with Gasteiger partial charge in [-0.15, -0.1) is 0 Å². The molecule has 122 valence electrons. The molecule has 2 aliphatic rings. The molecular formula is C15H28N2O4. The van der Waals surface area contributed by atoms with E-state index in [4.69, 9.17) is 14.2 Å². The van der Waals surface area contributed by atoms with Crippen LogP contribution in [0.2, 0.25) is 0 Å². The van der Waals surface area contributed by atoms with E-state index < -0.39 is 5.60 Å². The number of amides is 1. The standard InChI is InChI=1S/C15H28N2O4/c1-15(2,3)21-14(18)17-9-12(13(10-17)19-4)16-8-11-6-5-7-20-11/h11-13,16H,5-10H2,1-4H3/t11?,12?,13-/m0/s1. The van der Waals surface area contributed by atoms with Crippen LogP contribution in [-0.4, -0.2) is 68.2 Å². The Morgan fingerprint density at radius 2 is 2.14 bits per heavy atom. The zero-order chi connectivity index (χ0) is 15.5. The highest BCUT2D eigenvalue weighted by atomic mass is 16.6. The van der Waals surface area contributed by atoms with E-state index in [0.29, 0.717) is 13.1 Å². The predicted molar refractivity (Wildman–Crippen MR) is 79.4 cm³/mol. The molecule has 1 amide bonds. The van der Waals surface area contributed by atoms with Crippen LogP contribution >= 0.6 is 0 Å². The molecule has 2 rings (SSSR count).